The van der Waals surface area contributed by atoms with Crippen LogP contribution in [0.2, 0.25) is 0 Å². The fourth-order valence-electron chi connectivity index (χ4n) is 2.97. The second-order valence-corrected chi connectivity index (χ2v) is 6.83. The lowest BCUT2D eigenvalue weighted by molar-refractivity contribution is -0.386. The molecule has 164 valence electrons. The van der Waals surface area contributed by atoms with Gasteiger partial charge in [0.15, 0.2) is 5.75 Å². The first-order chi connectivity index (χ1) is 15.4. The average Bonchev–Trinajstić information content (AvgIpc) is 2.78. The Labute approximate surface area is 184 Å². The Balaban J connectivity index is 1.82. The maximum Gasteiger partial charge on any atom is 0.315 e. The molecule has 0 atom stereocenters. The normalized spacial score (nSPS) is 10.7. The number of rotatable bonds is 8. The van der Waals surface area contributed by atoms with Crippen LogP contribution < -0.4 is 20.6 Å². The van der Waals surface area contributed by atoms with Gasteiger partial charge in [-0.05, 0) is 36.2 Å². The number of benzene rings is 3. The highest BCUT2D eigenvalue weighted by Gasteiger charge is 2.22. The second kappa shape index (κ2) is 10.1. The number of amides is 1. The first-order valence-corrected chi connectivity index (χ1v) is 9.62. The molecule has 0 aliphatic heterocycles. The van der Waals surface area contributed by atoms with Crippen molar-refractivity contribution in [2.75, 3.05) is 12.8 Å². The SMILES string of the molecule is COc1cc(/C=N\NC(=O)c2ccccc2N)cc([N+](=O)[O-])c1OCc1ccccc1C. The smallest absolute Gasteiger partial charge is 0.315 e. The zero-order chi connectivity index (χ0) is 23.1. The molecule has 0 aromatic heterocycles. The highest BCUT2D eigenvalue weighted by Crippen LogP contribution is 2.38. The van der Waals surface area contributed by atoms with E-state index in [4.69, 9.17) is 15.2 Å². The lowest BCUT2D eigenvalue weighted by Crippen LogP contribution is -2.19. The van der Waals surface area contributed by atoms with Crippen LogP contribution in [0.5, 0.6) is 11.5 Å². The van der Waals surface area contributed by atoms with Gasteiger partial charge in [0.2, 0.25) is 5.75 Å². The number of anilines is 1. The summed E-state index contributed by atoms with van der Waals surface area (Å²) in [4.78, 5) is 23.3. The molecule has 0 heterocycles. The molecule has 3 rings (SSSR count). The molecule has 0 aliphatic carbocycles. The number of nitro benzene ring substituents is 1. The minimum absolute atomic E-state index is 0.0130. The summed E-state index contributed by atoms with van der Waals surface area (Å²) in [6.45, 7) is 2.08. The van der Waals surface area contributed by atoms with Crippen molar-refractivity contribution in [2.45, 2.75) is 13.5 Å². The molecule has 0 aliphatic rings. The number of carbonyl (C=O) groups is 1. The van der Waals surface area contributed by atoms with E-state index in [1.165, 1.54) is 25.5 Å². The van der Waals surface area contributed by atoms with Crippen LogP contribution in [0.15, 0.2) is 65.8 Å². The summed E-state index contributed by atoms with van der Waals surface area (Å²) in [5, 5.41) is 15.5. The topological polar surface area (TPSA) is 129 Å². The van der Waals surface area contributed by atoms with Gasteiger partial charge in [-0.25, -0.2) is 5.43 Å². The number of methoxy groups -OCH3 is 1. The molecule has 3 aromatic carbocycles. The highest BCUT2D eigenvalue weighted by molar-refractivity contribution is 5.99. The van der Waals surface area contributed by atoms with E-state index in [1.807, 2.05) is 31.2 Å². The number of hydrogen-bond acceptors (Lipinski definition) is 7. The Kier molecular flexibility index (Phi) is 7.02. The number of nitrogens with zero attached hydrogens (tertiary/aromatic N) is 2. The Morgan fingerprint density at radius 3 is 2.59 bits per heavy atom. The third kappa shape index (κ3) is 5.20. The maximum atomic E-state index is 12.2. The molecule has 3 N–H and O–H groups in total. The fourth-order valence-corrected chi connectivity index (χ4v) is 2.97. The predicted octanol–water partition coefficient (Wildman–Crippen LogP) is 3.84. The number of nitrogens with two attached hydrogens (primary N) is 1. The summed E-state index contributed by atoms with van der Waals surface area (Å²) in [5.74, 6) is -0.314. The standard InChI is InChI=1S/C23H22N4O5/c1-15-7-3-4-8-17(15)14-32-22-20(27(29)30)11-16(12-21(22)31-2)13-25-26-23(28)18-9-5-6-10-19(18)24/h3-13H,14,24H2,1-2H3,(H,26,28)/b25-13-. The molecule has 0 saturated heterocycles. The van der Waals surface area contributed by atoms with Crippen molar-refractivity contribution in [2.24, 2.45) is 5.10 Å². The number of nitrogens with one attached hydrogen (secondary N) is 1. The zero-order valence-corrected chi connectivity index (χ0v) is 17.6. The minimum Gasteiger partial charge on any atom is -0.493 e. The van der Waals surface area contributed by atoms with Gasteiger partial charge in [-0.2, -0.15) is 5.10 Å². The van der Waals surface area contributed by atoms with E-state index in [0.29, 0.717) is 11.3 Å². The molecule has 9 heteroatoms. The van der Waals surface area contributed by atoms with Crippen molar-refractivity contribution in [3.63, 3.8) is 0 Å². The lowest BCUT2D eigenvalue weighted by Gasteiger charge is -2.13. The predicted molar refractivity (Wildman–Crippen MR) is 121 cm³/mol. The summed E-state index contributed by atoms with van der Waals surface area (Å²) >= 11 is 0. The molecular weight excluding hydrogens is 412 g/mol. The van der Waals surface area contributed by atoms with Crippen molar-refractivity contribution in [1.82, 2.24) is 5.43 Å². The first kappa shape index (κ1) is 22.3. The summed E-state index contributed by atoms with van der Waals surface area (Å²) in [6.07, 6.45) is 1.28. The molecule has 0 saturated carbocycles. The molecule has 0 unspecified atom stereocenters. The van der Waals surface area contributed by atoms with Crippen molar-refractivity contribution < 1.29 is 19.2 Å². The first-order valence-electron chi connectivity index (χ1n) is 9.62. The van der Waals surface area contributed by atoms with E-state index in [-0.39, 0.29) is 29.4 Å². The van der Waals surface area contributed by atoms with E-state index < -0.39 is 10.8 Å². The highest BCUT2D eigenvalue weighted by atomic mass is 16.6. The van der Waals surface area contributed by atoms with E-state index in [2.05, 4.69) is 10.5 Å². The number of carbonyl (C=O) groups excluding carboxylic acids is 1. The van der Waals surface area contributed by atoms with Gasteiger partial charge in [-0.1, -0.05) is 36.4 Å². The molecule has 32 heavy (non-hydrogen) atoms. The lowest BCUT2D eigenvalue weighted by atomic mass is 10.1. The quantitative estimate of drug-likeness (QED) is 0.240. The van der Waals surface area contributed by atoms with Gasteiger partial charge in [0, 0.05) is 17.3 Å². The van der Waals surface area contributed by atoms with Gasteiger partial charge < -0.3 is 15.2 Å². The van der Waals surface area contributed by atoms with Gasteiger partial charge in [0.1, 0.15) is 6.61 Å². The van der Waals surface area contributed by atoms with Gasteiger partial charge >= 0.3 is 5.69 Å². The fraction of sp³-hybridized carbons (Fsp3) is 0.130. The van der Waals surface area contributed by atoms with E-state index in [9.17, 15) is 14.9 Å². The van der Waals surface area contributed by atoms with Crippen molar-refractivity contribution in [3.05, 3.63) is 93.0 Å². The van der Waals surface area contributed by atoms with Crippen molar-refractivity contribution in [1.29, 1.82) is 0 Å². The van der Waals surface area contributed by atoms with Gasteiger partial charge in [0.25, 0.3) is 5.91 Å². The van der Waals surface area contributed by atoms with Gasteiger partial charge in [-0.3, -0.25) is 14.9 Å². The van der Waals surface area contributed by atoms with Gasteiger partial charge in [0.05, 0.1) is 23.8 Å². The third-order valence-corrected chi connectivity index (χ3v) is 4.69. The van der Waals surface area contributed by atoms with Crippen molar-refractivity contribution in [3.8, 4) is 11.5 Å². The van der Waals surface area contributed by atoms with Crippen LogP contribution in [0.3, 0.4) is 0 Å². The zero-order valence-electron chi connectivity index (χ0n) is 17.6. The largest absolute Gasteiger partial charge is 0.493 e. The van der Waals surface area contributed by atoms with Gasteiger partial charge in [-0.15, -0.1) is 0 Å². The minimum atomic E-state index is -0.559. The third-order valence-electron chi connectivity index (χ3n) is 4.69. The van der Waals surface area contributed by atoms with E-state index >= 15 is 0 Å². The van der Waals surface area contributed by atoms with Crippen LogP contribution in [0, 0.1) is 17.0 Å². The number of para-hydroxylation sites is 1. The van der Waals surface area contributed by atoms with Crippen LogP contribution in [0.4, 0.5) is 11.4 Å². The Hall–Kier alpha value is -4.40. The molecule has 0 bridgehead atoms. The molecule has 0 spiro atoms. The second-order valence-electron chi connectivity index (χ2n) is 6.83. The number of nitro groups is 1. The Morgan fingerprint density at radius 1 is 1.19 bits per heavy atom. The molecule has 0 radical (unpaired) electrons. The van der Waals surface area contributed by atoms with E-state index in [0.717, 1.165) is 11.1 Å². The summed E-state index contributed by atoms with van der Waals surface area (Å²) < 4.78 is 11.1. The van der Waals surface area contributed by atoms with Crippen LogP contribution in [-0.4, -0.2) is 24.2 Å². The van der Waals surface area contributed by atoms with Crippen LogP contribution in [0.25, 0.3) is 0 Å². The number of aryl methyl sites for hydroxylation is 1. The summed E-state index contributed by atoms with van der Waals surface area (Å²) in [6, 6.07) is 17.0. The Bertz CT molecular complexity index is 1180. The number of nitrogen functional groups attached to an aromatic ring is 1. The molecular formula is C23H22N4O5. The molecule has 0 fully saturated rings. The van der Waals surface area contributed by atoms with Crippen LogP contribution in [0.1, 0.15) is 27.0 Å². The van der Waals surface area contributed by atoms with Crippen LogP contribution >= 0.6 is 0 Å². The summed E-state index contributed by atoms with van der Waals surface area (Å²) in [5.41, 5.74) is 10.7. The van der Waals surface area contributed by atoms with E-state index in [1.54, 1.807) is 24.3 Å². The molecule has 1 amide bonds. The average molecular weight is 434 g/mol. The molecule has 3 aromatic rings. The number of hydrazone groups is 1. The monoisotopic (exact) mass is 434 g/mol. The number of hydrogen-bond donors (Lipinski definition) is 2. The van der Waals surface area contributed by atoms with Crippen molar-refractivity contribution >= 4 is 23.5 Å². The molecule has 9 nitrogen and oxygen atoms in total. The maximum absolute atomic E-state index is 12.2. The number of ether oxygens (including phenoxy) is 2. The van der Waals surface area contributed by atoms with Crippen LogP contribution in [-0.2, 0) is 6.61 Å². The Morgan fingerprint density at radius 2 is 1.91 bits per heavy atom. The summed E-state index contributed by atoms with van der Waals surface area (Å²) in [7, 11) is 1.39.